The number of anilines is 1. The van der Waals surface area contributed by atoms with Crippen LogP contribution in [0.5, 0.6) is 5.75 Å². The topological polar surface area (TPSA) is 55.8 Å². The molecule has 0 aliphatic carbocycles. The summed E-state index contributed by atoms with van der Waals surface area (Å²) < 4.78 is 11.1. The smallest absolute Gasteiger partial charge is 0.313 e. The molecule has 3 aromatic carbocycles. The van der Waals surface area contributed by atoms with Gasteiger partial charge in [0.15, 0.2) is 6.10 Å². The Balaban J connectivity index is 1.53. The SMILES string of the molecule is COc1ccc2cc([C@H](C)C(=O)O[C@@H]3C(=O)N(c4ccccc4)CC3(C)C)ccc2c1. The Morgan fingerprint density at radius 3 is 2.42 bits per heavy atom. The van der Waals surface area contributed by atoms with E-state index in [1.807, 2.05) is 87.5 Å². The molecule has 0 saturated carbocycles. The first-order valence-electron chi connectivity index (χ1n) is 10.4. The van der Waals surface area contributed by atoms with Gasteiger partial charge in [-0.05, 0) is 47.5 Å². The molecular formula is C26H27NO4. The maximum Gasteiger partial charge on any atom is 0.313 e. The Labute approximate surface area is 182 Å². The molecule has 1 saturated heterocycles. The van der Waals surface area contributed by atoms with E-state index in [0.29, 0.717) is 6.54 Å². The molecule has 5 heteroatoms. The normalized spacial score (nSPS) is 18.8. The Hall–Kier alpha value is -3.34. The minimum atomic E-state index is -0.813. The third kappa shape index (κ3) is 4.00. The maximum atomic E-state index is 13.1. The summed E-state index contributed by atoms with van der Waals surface area (Å²) in [5, 5.41) is 2.06. The molecule has 2 atom stereocenters. The van der Waals surface area contributed by atoms with Gasteiger partial charge < -0.3 is 14.4 Å². The van der Waals surface area contributed by atoms with Crippen LogP contribution in [0.25, 0.3) is 10.8 Å². The zero-order chi connectivity index (χ0) is 22.2. The molecule has 1 aliphatic heterocycles. The van der Waals surface area contributed by atoms with E-state index in [9.17, 15) is 9.59 Å². The van der Waals surface area contributed by atoms with Gasteiger partial charge in [-0.25, -0.2) is 0 Å². The molecule has 0 N–H and O–H groups in total. The van der Waals surface area contributed by atoms with Crippen LogP contribution in [0.15, 0.2) is 66.7 Å². The summed E-state index contributed by atoms with van der Waals surface area (Å²) in [4.78, 5) is 27.8. The summed E-state index contributed by atoms with van der Waals surface area (Å²) >= 11 is 0. The maximum absolute atomic E-state index is 13.1. The fourth-order valence-corrected chi connectivity index (χ4v) is 4.07. The number of para-hydroxylation sites is 1. The lowest BCUT2D eigenvalue weighted by molar-refractivity contribution is -0.159. The van der Waals surface area contributed by atoms with Gasteiger partial charge in [-0.3, -0.25) is 9.59 Å². The van der Waals surface area contributed by atoms with Gasteiger partial charge in [-0.15, -0.1) is 0 Å². The number of rotatable bonds is 5. The lowest BCUT2D eigenvalue weighted by Crippen LogP contribution is -2.37. The van der Waals surface area contributed by atoms with Crippen molar-refractivity contribution in [3.05, 3.63) is 72.3 Å². The minimum Gasteiger partial charge on any atom is -0.497 e. The Morgan fingerprint density at radius 1 is 1.03 bits per heavy atom. The van der Waals surface area contributed by atoms with E-state index >= 15 is 0 Å². The monoisotopic (exact) mass is 417 g/mol. The molecule has 5 nitrogen and oxygen atoms in total. The molecule has 0 unspecified atom stereocenters. The van der Waals surface area contributed by atoms with E-state index in [2.05, 4.69) is 0 Å². The van der Waals surface area contributed by atoms with Crippen molar-refractivity contribution < 1.29 is 19.1 Å². The second kappa shape index (κ2) is 8.06. The minimum absolute atomic E-state index is 0.178. The summed E-state index contributed by atoms with van der Waals surface area (Å²) in [6, 6.07) is 21.2. The van der Waals surface area contributed by atoms with Crippen LogP contribution >= 0.6 is 0 Å². The zero-order valence-corrected chi connectivity index (χ0v) is 18.3. The highest BCUT2D eigenvalue weighted by atomic mass is 16.6. The van der Waals surface area contributed by atoms with Gasteiger partial charge in [0.2, 0.25) is 0 Å². The number of fused-ring (bicyclic) bond motifs is 1. The first-order valence-corrected chi connectivity index (χ1v) is 10.4. The van der Waals surface area contributed by atoms with Crippen molar-refractivity contribution in [2.24, 2.45) is 5.41 Å². The van der Waals surface area contributed by atoms with Crippen molar-refractivity contribution in [2.75, 3.05) is 18.6 Å². The quantitative estimate of drug-likeness (QED) is 0.552. The fourth-order valence-electron chi connectivity index (χ4n) is 4.07. The number of carbonyl (C=O) groups is 2. The predicted molar refractivity (Wildman–Crippen MR) is 121 cm³/mol. The van der Waals surface area contributed by atoms with E-state index in [1.165, 1.54) is 0 Å². The summed E-state index contributed by atoms with van der Waals surface area (Å²) in [5.74, 6) is -0.268. The van der Waals surface area contributed by atoms with Gasteiger partial charge >= 0.3 is 5.97 Å². The van der Waals surface area contributed by atoms with Crippen LogP contribution in [-0.2, 0) is 14.3 Å². The summed E-state index contributed by atoms with van der Waals surface area (Å²) in [7, 11) is 1.64. The number of hydrogen-bond donors (Lipinski definition) is 0. The molecule has 1 amide bonds. The van der Waals surface area contributed by atoms with Gasteiger partial charge in [-0.1, -0.05) is 56.3 Å². The summed E-state index contributed by atoms with van der Waals surface area (Å²) in [6.45, 7) is 6.23. The number of amides is 1. The van der Waals surface area contributed by atoms with E-state index in [1.54, 1.807) is 12.0 Å². The number of hydrogen-bond acceptors (Lipinski definition) is 4. The third-order valence-electron chi connectivity index (χ3n) is 5.99. The number of esters is 1. The molecule has 0 radical (unpaired) electrons. The van der Waals surface area contributed by atoms with Crippen LogP contribution in [0.2, 0.25) is 0 Å². The molecule has 1 aliphatic rings. The van der Waals surface area contributed by atoms with Crippen molar-refractivity contribution in [3.63, 3.8) is 0 Å². The number of carbonyl (C=O) groups excluding carboxylic acids is 2. The molecule has 0 bridgehead atoms. The Kier molecular flexibility index (Phi) is 5.44. The lowest BCUT2D eigenvalue weighted by atomic mass is 9.89. The highest BCUT2D eigenvalue weighted by Crippen LogP contribution is 2.37. The van der Waals surface area contributed by atoms with Crippen molar-refractivity contribution >= 4 is 28.3 Å². The van der Waals surface area contributed by atoms with Crippen LogP contribution in [0.3, 0.4) is 0 Å². The van der Waals surface area contributed by atoms with Crippen LogP contribution in [0.4, 0.5) is 5.69 Å². The molecule has 31 heavy (non-hydrogen) atoms. The molecule has 1 heterocycles. The van der Waals surface area contributed by atoms with E-state index in [4.69, 9.17) is 9.47 Å². The molecule has 1 fully saturated rings. The summed E-state index contributed by atoms with van der Waals surface area (Å²) in [6.07, 6.45) is -0.813. The van der Waals surface area contributed by atoms with Crippen LogP contribution in [0, 0.1) is 5.41 Å². The number of benzene rings is 3. The largest absolute Gasteiger partial charge is 0.497 e. The average molecular weight is 418 g/mol. The number of nitrogens with zero attached hydrogens (tertiary/aromatic N) is 1. The van der Waals surface area contributed by atoms with Crippen molar-refractivity contribution in [1.29, 1.82) is 0 Å². The average Bonchev–Trinajstić information content (AvgIpc) is 3.01. The van der Waals surface area contributed by atoms with Gasteiger partial charge in [0.1, 0.15) is 5.75 Å². The fraction of sp³-hybridized carbons (Fsp3) is 0.308. The predicted octanol–water partition coefficient (Wildman–Crippen LogP) is 4.94. The standard InChI is InChI=1S/C26H27NO4/c1-17(18-10-11-20-15-22(30-4)13-12-19(20)14-18)25(29)31-23-24(28)27(16-26(23,2)3)21-8-6-5-7-9-21/h5-15,17,23H,16H2,1-4H3/t17-,23+/m0/s1. The molecule has 0 aromatic heterocycles. The molecule has 0 spiro atoms. The van der Waals surface area contributed by atoms with Crippen LogP contribution in [0.1, 0.15) is 32.3 Å². The second-order valence-electron chi connectivity index (χ2n) is 8.76. The molecular weight excluding hydrogens is 390 g/mol. The third-order valence-corrected chi connectivity index (χ3v) is 5.99. The van der Waals surface area contributed by atoms with Gasteiger partial charge in [0.25, 0.3) is 5.91 Å². The first kappa shape index (κ1) is 20.9. The van der Waals surface area contributed by atoms with E-state index in [-0.39, 0.29) is 5.91 Å². The lowest BCUT2D eigenvalue weighted by Gasteiger charge is -2.25. The highest BCUT2D eigenvalue weighted by molar-refractivity contribution is 6.01. The van der Waals surface area contributed by atoms with Crippen LogP contribution < -0.4 is 9.64 Å². The van der Waals surface area contributed by atoms with E-state index < -0.39 is 23.4 Å². The molecule has 4 rings (SSSR count). The molecule has 160 valence electrons. The first-order chi connectivity index (χ1) is 14.8. The summed E-state index contributed by atoms with van der Waals surface area (Å²) in [5.41, 5.74) is 1.19. The second-order valence-corrected chi connectivity index (χ2v) is 8.76. The number of methoxy groups -OCH3 is 1. The highest BCUT2D eigenvalue weighted by Gasteiger charge is 2.49. The van der Waals surface area contributed by atoms with Crippen LogP contribution in [-0.4, -0.2) is 31.6 Å². The zero-order valence-electron chi connectivity index (χ0n) is 18.3. The van der Waals surface area contributed by atoms with Gasteiger partial charge in [0.05, 0.1) is 13.0 Å². The molecule has 3 aromatic rings. The Morgan fingerprint density at radius 2 is 1.71 bits per heavy atom. The van der Waals surface area contributed by atoms with Gasteiger partial charge in [0, 0.05) is 17.6 Å². The van der Waals surface area contributed by atoms with Crippen molar-refractivity contribution in [1.82, 2.24) is 0 Å². The Bertz CT molecular complexity index is 1120. The van der Waals surface area contributed by atoms with E-state index in [0.717, 1.165) is 27.8 Å². The van der Waals surface area contributed by atoms with Gasteiger partial charge in [-0.2, -0.15) is 0 Å². The number of ether oxygens (including phenoxy) is 2. The van der Waals surface area contributed by atoms with Crippen molar-refractivity contribution in [3.8, 4) is 5.75 Å². The van der Waals surface area contributed by atoms with Crippen molar-refractivity contribution in [2.45, 2.75) is 32.8 Å².